The molecule has 142 valence electrons. The minimum absolute atomic E-state index is 0.153. The molecule has 0 saturated heterocycles. The summed E-state index contributed by atoms with van der Waals surface area (Å²) in [6.45, 7) is 13.4. The molecule has 1 N–H and O–H groups in total. The zero-order valence-electron chi connectivity index (χ0n) is 16.0. The highest BCUT2D eigenvalue weighted by Gasteiger charge is 2.14. The zero-order chi connectivity index (χ0) is 19.4. The Labute approximate surface area is 156 Å². The number of ether oxygens (including phenoxy) is 2. The van der Waals surface area contributed by atoms with Crippen LogP contribution in [0.25, 0.3) is 4.85 Å². The maximum absolute atomic E-state index is 11.6. The van der Waals surface area contributed by atoms with Gasteiger partial charge in [-0.3, -0.25) is 4.79 Å². The van der Waals surface area contributed by atoms with E-state index < -0.39 is 5.97 Å². The van der Waals surface area contributed by atoms with Crippen LogP contribution in [-0.4, -0.2) is 24.3 Å². The van der Waals surface area contributed by atoms with Crippen molar-refractivity contribution in [1.29, 1.82) is 0 Å². The Morgan fingerprint density at radius 3 is 2.50 bits per heavy atom. The fourth-order valence-corrected chi connectivity index (χ4v) is 2.47. The van der Waals surface area contributed by atoms with Crippen LogP contribution < -0.4 is 4.74 Å². The molecule has 1 aromatic rings. The Hall–Kier alpha value is -2.48. The number of benzene rings is 1. The quantitative estimate of drug-likeness (QED) is 0.259. The largest absolute Gasteiger partial charge is 0.523 e. The first-order chi connectivity index (χ1) is 12.5. The Bertz CT molecular complexity index is 624. The van der Waals surface area contributed by atoms with Crippen LogP contribution in [0.4, 0.5) is 0 Å². The fourth-order valence-electron chi connectivity index (χ4n) is 2.47. The number of carbonyl (C=O) groups is 1. The van der Waals surface area contributed by atoms with Gasteiger partial charge in [-0.2, -0.15) is 0 Å². The number of aliphatic hydroxyl groups excluding tert-OH is 1. The van der Waals surface area contributed by atoms with Crippen molar-refractivity contribution < 1.29 is 19.4 Å². The standard InChI is InChI=1S/C21H29NO4/c1-5-7-8-17(6-2)15-26-19-11-9-18(10-12-19)13-14-25-21(24)20(22-4)16(3)23/h9-12,17,23H,5-8,13-15H2,1-3H3. The van der Waals surface area contributed by atoms with Gasteiger partial charge in [-0.1, -0.05) is 45.2 Å². The lowest BCUT2D eigenvalue weighted by molar-refractivity contribution is -0.138. The van der Waals surface area contributed by atoms with Gasteiger partial charge in [0.05, 0.1) is 19.8 Å². The topological polar surface area (TPSA) is 60.1 Å². The van der Waals surface area contributed by atoms with Gasteiger partial charge in [-0.05, 0) is 37.0 Å². The number of hydrogen-bond donors (Lipinski definition) is 1. The van der Waals surface area contributed by atoms with Crippen LogP contribution in [0.5, 0.6) is 5.75 Å². The molecule has 0 spiro atoms. The van der Waals surface area contributed by atoms with Crippen LogP contribution in [0.15, 0.2) is 35.7 Å². The van der Waals surface area contributed by atoms with Gasteiger partial charge in [0.2, 0.25) is 0 Å². The summed E-state index contributed by atoms with van der Waals surface area (Å²) in [5.41, 5.74) is 0.638. The predicted molar refractivity (Wildman–Crippen MR) is 102 cm³/mol. The average Bonchev–Trinajstić information content (AvgIpc) is 2.63. The molecule has 0 fully saturated rings. The second-order valence-electron chi connectivity index (χ2n) is 6.30. The number of allylic oxidation sites excluding steroid dienone is 1. The Kier molecular flexibility index (Phi) is 9.93. The number of esters is 1. The molecule has 5 heteroatoms. The minimum Gasteiger partial charge on any atom is -0.523 e. The molecule has 1 atom stereocenters. The normalized spacial score (nSPS) is 12.7. The molecule has 0 aromatic heterocycles. The number of hydrogen-bond acceptors (Lipinski definition) is 4. The van der Waals surface area contributed by atoms with Crippen LogP contribution in [0, 0.1) is 12.5 Å². The van der Waals surface area contributed by atoms with Crippen molar-refractivity contribution in [2.75, 3.05) is 13.2 Å². The van der Waals surface area contributed by atoms with Crippen LogP contribution >= 0.6 is 0 Å². The Balaban J connectivity index is 2.42. The molecular formula is C21H29NO4. The minimum atomic E-state index is -0.794. The summed E-state index contributed by atoms with van der Waals surface area (Å²) in [4.78, 5) is 14.6. The van der Waals surface area contributed by atoms with E-state index in [2.05, 4.69) is 18.7 Å². The molecule has 0 aliphatic rings. The lowest BCUT2D eigenvalue weighted by Gasteiger charge is -2.15. The fraction of sp³-hybridized carbons (Fsp3) is 0.524. The molecular weight excluding hydrogens is 330 g/mol. The van der Waals surface area contributed by atoms with Gasteiger partial charge in [0.1, 0.15) is 11.5 Å². The smallest absolute Gasteiger partial charge is 0.339 e. The third kappa shape index (κ3) is 7.60. The van der Waals surface area contributed by atoms with Gasteiger partial charge < -0.3 is 14.6 Å². The summed E-state index contributed by atoms with van der Waals surface area (Å²) in [6, 6.07) is 7.73. The molecule has 0 aliphatic carbocycles. The molecule has 0 bridgehead atoms. The third-order valence-corrected chi connectivity index (χ3v) is 4.22. The maximum Gasteiger partial charge on any atom is 0.339 e. The van der Waals surface area contributed by atoms with Crippen molar-refractivity contribution in [2.45, 2.75) is 52.9 Å². The lowest BCUT2D eigenvalue weighted by Crippen LogP contribution is -2.11. The van der Waals surface area contributed by atoms with E-state index in [0.29, 0.717) is 12.3 Å². The van der Waals surface area contributed by atoms with E-state index in [-0.39, 0.29) is 18.1 Å². The summed E-state index contributed by atoms with van der Waals surface area (Å²) in [5.74, 6) is 0.317. The number of rotatable bonds is 11. The summed E-state index contributed by atoms with van der Waals surface area (Å²) in [7, 11) is 0. The van der Waals surface area contributed by atoms with Crippen molar-refractivity contribution >= 4 is 5.97 Å². The second kappa shape index (κ2) is 12.0. The van der Waals surface area contributed by atoms with E-state index in [1.165, 1.54) is 26.2 Å². The molecule has 0 aliphatic heterocycles. The van der Waals surface area contributed by atoms with E-state index in [9.17, 15) is 9.90 Å². The average molecular weight is 359 g/mol. The summed E-state index contributed by atoms with van der Waals surface area (Å²) in [5, 5.41) is 9.24. The summed E-state index contributed by atoms with van der Waals surface area (Å²) in [6.07, 6.45) is 5.30. The van der Waals surface area contributed by atoms with E-state index in [4.69, 9.17) is 16.0 Å². The highest BCUT2D eigenvalue weighted by atomic mass is 16.5. The highest BCUT2D eigenvalue weighted by molar-refractivity contribution is 5.90. The number of unbranched alkanes of at least 4 members (excludes halogenated alkanes) is 1. The zero-order valence-corrected chi connectivity index (χ0v) is 16.0. The second-order valence-corrected chi connectivity index (χ2v) is 6.30. The van der Waals surface area contributed by atoms with Crippen molar-refractivity contribution in [1.82, 2.24) is 0 Å². The summed E-state index contributed by atoms with van der Waals surface area (Å²) >= 11 is 0. The van der Waals surface area contributed by atoms with Crippen molar-refractivity contribution in [2.24, 2.45) is 5.92 Å². The van der Waals surface area contributed by atoms with Crippen LogP contribution in [0.2, 0.25) is 0 Å². The first-order valence-electron chi connectivity index (χ1n) is 9.17. The van der Waals surface area contributed by atoms with Crippen LogP contribution in [0.1, 0.15) is 52.0 Å². The molecule has 0 heterocycles. The van der Waals surface area contributed by atoms with E-state index >= 15 is 0 Å². The monoisotopic (exact) mass is 359 g/mol. The molecule has 1 rings (SSSR count). The van der Waals surface area contributed by atoms with Crippen molar-refractivity contribution in [3.8, 4) is 5.75 Å². The van der Waals surface area contributed by atoms with Crippen LogP contribution in [-0.2, 0) is 16.0 Å². The molecule has 0 amide bonds. The van der Waals surface area contributed by atoms with Gasteiger partial charge in [-0.15, -0.1) is 0 Å². The Morgan fingerprint density at radius 1 is 1.27 bits per heavy atom. The molecule has 0 radical (unpaired) electrons. The van der Waals surface area contributed by atoms with Gasteiger partial charge in [-0.25, -0.2) is 4.85 Å². The molecule has 1 unspecified atom stereocenters. The van der Waals surface area contributed by atoms with Gasteiger partial charge in [0.15, 0.2) is 0 Å². The molecule has 5 nitrogen and oxygen atoms in total. The van der Waals surface area contributed by atoms with Gasteiger partial charge in [0.25, 0.3) is 0 Å². The van der Waals surface area contributed by atoms with E-state index in [0.717, 1.165) is 24.3 Å². The van der Waals surface area contributed by atoms with E-state index in [1.807, 2.05) is 24.3 Å². The molecule has 26 heavy (non-hydrogen) atoms. The van der Waals surface area contributed by atoms with E-state index in [1.54, 1.807) is 0 Å². The Morgan fingerprint density at radius 2 is 1.96 bits per heavy atom. The molecule has 1 aromatic carbocycles. The van der Waals surface area contributed by atoms with Gasteiger partial charge in [0, 0.05) is 6.42 Å². The third-order valence-electron chi connectivity index (χ3n) is 4.22. The van der Waals surface area contributed by atoms with Crippen LogP contribution in [0.3, 0.4) is 0 Å². The van der Waals surface area contributed by atoms with Gasteiger partial charge >= 0.3 is 11.7 Å². The SMILES string of the molecule is [C-]#[N+]C(C(=O)OCCc1ccc(OCC(CC)CCCC)cc1)=C(C)O. The predicted octanol–water partition coefficient (Wildman–Crippen LogP) is 5.08. The lowest BCUT2D eigenvalue weighted by atomic mass is 10.0. The van der Waals surface area contributed by atoms with Crippen molar-refractivity contribution in [3.05, 3.63) is 52.7 Å². The number of nitrogens with zero attached hydrogens (tertiary/aromatic N) is 1. The number of aliphatic hydroxyl groups is 1. The summed E-state index contributed by atoms with van der Waals surface area (Å²) < 4.78 is 10.9. The maximum atomic E-state index is 11.6. The first kappa shape index (κ1) is 21.6. The first-order valence-corrected chi connectivity index (χ1v) is 9.17. The highest BCUT2D eigenvalue weighted by Crippen LogP contribution is 2.17. The van der Waals surface area contributed by atoms with Crippen molar-refractivity contribution in [3.63, 3.8) is 0 Å². The number of carbonyl (C=O) groups excluding carboxylic acids is 1. The molecule has 0 saturated carbocycles.